The van der Waals surface area contributed by atoms with Gasteiger partial charge in [0.2, 0.25) is 0 Å². The minimum atomic E-state index is -1.10. The molecule has 0 saturated heterocycles. The number of nitrogens with zero attached hydrogens (tertiary/aromatic N) is 1. The van der Waals surface area contributed by atoms with Gasteiger partial charge in [0, 0.05) is 17.8 Å². The summed E-state index contributed by atoms with van der Waals surface area (Å²) in [6.45, 7) is 0. The third-order valence-corrected chi connectivity index (χ3v) is 2.45. The van der Waals surface area contributed by atoms with E-state index in [-0.39, 0.29) is 17.6 Å². The van der Waals surface area contributed by atoms with Crippen molar-refractivity contribution in [1.29, 1.82) is 0 Å². The molecule has 0 bridgehead atoms. The topological polar surface area (TPSA) is 167 Å². The van der Waals surface area contributed by atoms with Crippen molar-refractivity contribution in [2.45, 2.75) is 18.5 Å². The Bertz CT molecular complexity index is 476. The Morgan fingerprint density at radius 2 is 2.00 bits per heavy atom. The lowest BCUT2D eigenvalue weighted by Crippen LogP contribution is -2.42. The summed E-state index contributed by atoms with van der Waals surface area (Å²) < 4.78 is 0. The number of nitro benzene ring substituents is 1. The average molecular weight is 285 g/mol. The number of benzene rings is 1. The molecular formula is C11H15N3O6. The molecule has 0 aliphatic heterocycles. The van der Waals surface area contributed by atoms with E-state index >= 15 is 0 Å². The number of rotatable bonds is 7. The van der Waals surface area contributed by atoms with E-state index in [1.165, 1.54) is 24.3 Å². The Kier molecular flexibility index (Phi) is 6.83. The number of anilines is 1. The third-order valence-electron chi connectivity index (χ3n) is 2.45. The Hall–Kier alpha value is -2.52. The predicted octanol–water partition coefficient (Wildman–Crippen LogP) is -0.448. The molecule has 6 N–H and O–H groups in total. The molecule has 0 saturated carbocycles. The van der Waals surface area contributed by atoms with Gasteiger partial charge in [0.15, 0.2) is 0 Å². The lowest BCUT2D eigenvalue weighted by atomic mass is 10.1. The molecular weight excluding hydrogens is 270 g/mol. The summed E-state index contributed by atoms with van der Waals surface area (Å²) in [5.41, 5.74) is 5.86. The number of nitrogens with two attached hydrogens (primary N) is 1. The fourth-order valence-electron chi connectivity index (χ4n) is 1.46. The molecule has 2 atom stereocenters. The second-order valence-electron chi connectivity index (χ2n) is 3.87. The van der Waals surface area contributed by atoms with Crippen molar-refractivity contribution in [3.05, 3.63) is 34.4 Å². The van der Waals surface area contributed by atoms with E-state index < -0.39 is 23.0 Å². The number of carbonyl (C=O) groups is 2. The maximum Gasteiger partial charge on any atom is 0.305 e. The van der Waals surface area contributed by atoms with Crippen molar-refractivity contribution in [1.82, 2.24) is 0 Å². The van der Waals surface area contributed by atoms with E-state index in [0.29, 0.717) is 12.0 Å². The monoisotopic (exact) mass is 285 g/mol. The molecule has 9 heteroatoms. The molecule has 20 heavy (non-hydrogen) atoms. The second kappa shape index (κ2) is 7.81. The number of aliphatic carboxylic acids is 1. The van der Waals surface area contributed by atoms with E-state index in [1.807, 2.05) is 0 Å². The molecule has 0 aliphatic rings. The van der Waals surface area contributed by atoms with Crippen LogP contribution in [-0.2, 0) is 9.59 Å². The van der Waals surface area contributed by atoms with Crippen LogP contribution in [0.2, 0.25) is 0 Å². The van der Waals surface area contributed by atoms with Crippen LogP contribution in [0, 0.1) is 10.1 Å². The summed E-state index contributed by atoms with van der Waals surface area (Å²) in [7, 11) is 0. The molecule has 110 valence electrons. The normalized spacial score (nSPS) is 12.7. The van der Waals surface area contributed by atoms with Crippen molar-refractivity contribution < 1.29 is 25.1 Å². The molecule has 0 aromatic heterocycles. The van der Waals surface area contributed by atoms with Crippen LogP contribution in [0.5, 0.6) is 0 Å². The molecule has 0 aliphatic carbocycles. The van der Waals surface area contributed by atoms with Crippen LogP contribution >= 0.6 is 0 Å². The maximum atomic E-state index is 10.7. The van der Waals surface area contributed by atoms with Gasteiger partial charge in [-0.1, -0.05) is 0 Å². The second-order valence-corrected chi connectivity index (χ2v) is 3.87. The highest BCUT2D eigenvalue weighted by atomic mass is 16.6. The molecule has 0 radical (unpaired) electrons. The number of aldehydes is 1. The van der Waals surface area contributed by atoms with Crippen LogP contribution < -0.4 is 11.1 Å². The highest BCUT2D eigenvalue weighted by molar-refractivity contribution is 5.71. The Morgan fingerprint density at radius 3 is 2.40 bits per heavy atom. The lowest BCUT2D eigenvalue weighted by molar-refractivity contribution is -0.384. The number of nitrogens with one attached hydrogen (secondary N) is 1. The van der Waals surface area contributed by atoms with Gasteiger partial charge in [-0.15, -0.1) is 0 Å². The number of carboxylic acids is 1. The maximum absolute atomic E-state index is 10.7. The Balaban J connectivity index is 0.00000361. The largest absolute Gasteiger partial charge is 0.481 e. The van der Waals surface area contributed by atoms with Crippen molar-refractivity contribution in [3.63, 3.8) is 0 Å². The van der Waals surface area contributed by atoms with Crippen LogP contribution in [0.15, 0.2) is 24.3 Å². The van der Waals surface area contributed by atoms with Gasteiger partial charge < -0.3 is 26.4 Å². The highest BCUT2D eigenvalue weighted by Crippen LogP contribution is 2.17. The summed E-state index contributed by atoms with van der Waals surface area (Å²) in [6, 6.07) is 3.62. The number of hydrogen-bond donors (Lipinski definition) is 3. The van der Waals surface area contributed by atoms with Crippen LogP contribution in [0.4, 0.5) is 11.4 Å². The fourth-order valence-corrected chi connectivity index (χ4v) is 1.46. The summed E-state index contributed by atoms with van der Waals surface area (Å²) >= 11 is 0. The smallest absolute Gasteiger partial charge is 0.305 e. The fraction of sp³-hybridized carbons (Fsp3) is 0.273. The molecule has 0 spiro atoms. The van der Waals surface area contributed by atoms with Gasteiger partial charge in [-0.05, 0) is 12.1 Å². The molecule has 0 fully saturated rings. The molecule has 9 nitrogen and oxygen atoms in total. The molecule has 1 rings (SSSR count). The van der Waals surface area contributed by atoms with E-state index in [2.05, 4.69) is 5.32 Å². The lowest BCUT2D eigenvalue weighted by Gasteiger charge is -2.20. The molecule has 0 amide bonds. The van der Waals surface area contributed by atoms with E-state index in [9.17, 15) is 19.7 Å². The van der Waals surface area contributed by atoms with Crippen LogP contribution in [0.3, 0.4) is 0 Å². The number of carbonyl (C=O) groups excluding carboxylic acids is 1. The zero-order chi connectivity index (χ0) is 14.4. The van der Waals surface area contributed by atoms with Gasteiger partial charge in [-0.25, -0.2) is 0 Å². The summed E-state index contributed by atoms with van der Waals surface area (Å²) in [5.74, 6) is -1.10. The van der Waals surface area contributed by atoms with Gasteiger partial charge >= 0.3 is 5.97 Å². The predicted molar refractivity (Wildman–Crippen MR) is 70.4 cm³/mol. The SMILES string of the molecule is N[C@H](C=O)C(CC(=O)O)Nc1ccc([N+](=O)[O-])cc1.O. The Morgan fingerprint density at radius 1 is 1.45 bits per heavy atom. The first-order chi connectivity index (χ1) is 8.93. The van der Waals surface area contributed by atoms with Crippen LogP contribution in [0.1, 0.15) is 6.42 Å². The summed E-state index contributed by atoms with van der Waals surface area (Å²) in [4.78, 5) is 31.2. The third kappa shape index (κ3) is 5.00. The zero-order valence-corrected chi connectivity index (χ0v) is 10.4. The first kappa shape index (κ1) is 17.5. The first-order valence-electron chi connectivity index (χ1n) is 5.37. The number of hydrogen-bond acceptors (Lipinski definition) is 6. The molecule has 1 unspecified atom stereocenters. The van der Waals surface area contributed by atoms with Crippen molar-refractivity contribution in [2.75, 3.05) is 5.32 Å². The van der Waals surface area contributed by atoms with Crippen molar-refractivity contribution in [2.24, 2.45) is 5.73 Å². The van der Waals surface area contributed by atoms with Gasteiger partial charge in [0.1, 0.15) is 6.29 Å². The van der Waals surface area contributed by atoms with Crippen LogP contribution in [-0.4, -0.2) is 39.8 Å². The van der Waals surface area contributed by atoms with Crippen LogP contribution in [0.25, 0.3) is 0 Å². The number of non-ortho nitro benzene ring substituents is 1. The Labute approximate surface area is 113 Å². The minimum absolute atomic E-state index is 0. The van der Waals surface area contributed by atoms with Crippen molar-refractivity contribution >= 4 is 23.6 Å². The molecule has 1 aromatic carbocycles. The van der Waals surface area contributed by atoms with E-state index in [1.54, 1.807) is 0 Å². The molecule has 1 aromatic rings. The average Bonchev–Trinajstić information content (AvgIpc) is 2.37. The highest BCUT2D eigenvalue weighted by Gasteiger charge is 2.20. The van der Waals surface area contributed by atoms with Gasteiger partial charge in [-0.3, -0.25) is 14.9 Å². The van der Waals surface area contributed by atoms with Crippen molar-refractivity contribution in [3.8, 4) is 0 Å². The van der Waals surface area contributed by atoms with Gasteiger partial charge in [0.25, 0.3) is 5.69 Å². The first-order valence-corrected chi connectivity index (χ1v) is 5.37. The van der Waals surface area contributed by atoms with Gasteiger partial charge in [0.05, 0.1) is 23.4 Å². The zero-order valence-electron chi connectivity index (χ0n) is 10.4. The summed E-state index contributed by atoms with van der Waals surface area (Å²) in [6.07, 6.45) is 0.114. The van der Waals surface area contributed by atoms with Gasteiger partial charge in [-0.2, -0.15) is 0 Å². The molecule has 0 heterocycles. The standard InChI is InChI=1S/C11H13N3O5.H2O/c12-9(6-15)10(5-11(16)17)13-7-1-3-8(4-2-7)14(18)19;/h1-4,6,9-10,13H,5,12H2,(H,16,17);1H2/t9-,10?;/m1./s1. The van der Waals surface area contributed by atoms with E-state index in [4.69, 9.17) is 10.8 Å². The minimum Gasteiger partial charge on any atom is -0.481 e. The number of nitro groups is 1. The number of carboxylic acid groups (broad SMARTS) is 1. The van der Waals surface area contributed by atoms with E-state index in [0.717, 1.165) is 0 Å². The quantitative estimate of drug-likeness (QED) is 0.346. The summed E-state index contributed by atoms with van der Waals surface area (Å²) in [5, 5.41) is 22.0.